The Labute approximate surface area is 172 Å². The van der Waals surface area contributed by atoms with Crippen LogP contribution in [0.4, 0.5) is 0 Å². The summed E-state index contributed by atoms with van der Waals surface area (Å²) in [5.74, 6) is 0.0852. The minimum Gasteiger partial charge on any atom is -0.496 e. The highest BCUT2D eigenvalue weighted by Gasteiger charge is 2.27. The fourth-order valence-corrected chi connectivity index (χ4v) is 4.79. The van der Waals surface area contributed by atoms with Gasteiger partial charge in [0, 0.05) is 13.1 Å². The number of morpholine rings is 1. The van der Waals surface area contributed by atoms with Gasteiger partial charge in [-0.2, -0.15) is 4.31 Å². The highest BCUT2D eigenvalue weighted by Crippen LogP contribution is 2.26. The van der Waals surface area contributed by atoms with E-state index in [1.54, 1.807) is 25.3 Å². The van der Waals surface area contributed by atoms with Gasteiger partial charge in [-0.05, 0) is 51.8 Å². The van der Waals surface area contributed by atoms with E-state index in [9.17, 15) is 13.2 Å². The van der Waals surface area contributed by atoms with Crippen molar-refractivity contribution in [2.75, 3.05) is 33.4 Å². The highest BCUT2D eigenvalue weighted by atomic mass is 79.9. The summed E-state index contributed by atoms with van der Waals surface area (Å²) < 4.78 is 43.3. The van der Waals surface area contributed by atoms with Gasteiger partial charge in [-0.25, -0.2) is 13.2 Å². The van der Waals surface area contributed by atoms with Gasteiger partial charge >= 0.3 is 5.97 Å². The first-order valence-electron chi connectivity index (χ1n) is 8.59. The van der Waals surface area contributed by atoms with Crippen LogP contribution in [0.25, 0.3) is 0 Å². The number of rotatable bonds is 6. The van der Waals surface area contributed by atoms with Crippen LogP contribution in [0.2, 0.25) is 0 Å². The minimum atomic E-state index is -3.67. The number of halogens is 1. The van der Waals surface area contributed by atoms with E-state index in [1.165, 1.54) is 28.6 Å². The van der Waals surface area contributed by atoms with Crippen molar-refractivity contribution in [3.63, 3.8) is 0 Å². The van der Waals surface area contributed by atoms with Crippen molar-refractivity contribution >= 4 is 31.9 Å². The molecule has 0 unspecified atom stereocenters. The van der Waals surface area contributed by atoms with Crippen molar-refractivity contribution in [1.82, 2.24) is 4.31 Å². The maximum Gasteiger partial charge on any atom is 0.338 e. The average Bonchev–Trinajstić information content (AvgIpc) is 2.73. The maximum absolute atomic E-state index is 12.7. The zero-order chi connectivity index (χ0) is 20.1. The second kappa shape index (κ2) is 9.04. The molecule has 9 heteroatoms. The molecule has 0 amide bonds. The predicted octanol–water partition coefficient (Wildman–Crippen LogP) is 2.84. The summed E-state index contributed by atoms with van der Waals surface area (Å²) in [5, 5.41) is 0. The molecular weight excluding hydrogens is 450 g/mol. The van der Waals surface area contributed by atoms with E-state index in [2.05, 4.69) is 15.9 Å². The van der Waals surface area contributed by atoms with Crippen LogP contribution >= 0.6 is 15.9 Å². The van der Waals surface area contributed by atoms with E-state index in [-0.39, 0.29) is 17.1 Å². The first kappa shape index (κ1) is 20.8. The lowest BCUT2D eigenvalue weighted by Crippen LogP contribution is -2.40. The molecule has 3 rings (SSSR count). The average molecular weight is 470 g/mol. The summed E-state index contributed by atoms with van der Waals surface area (Å²) in [6.45, 7) is 1.37. The Hall–Kier alpha value is -1.94. The second-order valence-corrected chi connectivity index (χ2v) is 8.88. The summed E-state index contributed by atoms with van der Waals surface area (Å²) in [4.78, 5) is 12.5. The molecule has 0 N–H and O–H groups in total. The normalized spacial score (nSPS) is 15.2. The number of hydrogen-bond donors (Lipinski definition) is 0. The van der Waals surface area contributed by atoms with E-state index in [1.807, 2.05) is 0 Å². The summed E-state index contributed by atoms with van der Waals surface area (Å²) in [5.41, 5.74) is 0.958. The van der Waals surface area contributed by atoms with Gasteiger partial charge in [0.25, 0.3) is 0 Å². The lowest BCUT2D eigenvalue weighted by Gasteiger charge is -2.26. The van der Waals surface area contributed by atoms with Crippen LogP contribution in [0.3, 0.4) is 0 Å². The van der Waals surface area contributed by atoms with Crippen LogP contribution in [-0.2, 0) is 26.1 Å². The molecule has 0 aliphatic carbocycles. The lowest BCUT2D eigenvalue weighted by atomic mass is 10.2. The summed E-state index contributed by atoms with van der Waals surface area (Å²) in [7, 11) is -2.11. The Morgan fingerprint density at radius 3 is 2.61 bits per heavy atom. The number of esters is 1. The monoisotopic (exact) mass is 469 g/mol. The second-order valence-electron chi connectivity index (χ2n) is 6.09. The van der Waals surface area contributed by atoms with Gasteiger partial charge in [0.05, 0.1) is 35.3 Å². The third-order valence-electron chi connectivity index (χ3n) is 4.26. The van der Waals surface area contributed by atoms with Gasteiger partial charge in [-0.15, -0.1) is 0 Å². The van der Waals surface area contributed by atoms with E-state index < -0.39 is 16.0 Å². The predicted molar refractivity (Wildman–Crippen MR) is 106 cm³/mol. The highest BCUT2D eigenvalue weighted by molar-refractivity contribution is 9.10. The van der Waals surface area contributed by atoms with E-state index in [4.69, 9.17) is 14.2 Å². The number of methoxy groups -OCH3 is 1. The maximum atomic E-state index is 12.7. The van der Waals surface area contributed by atoms with Crippen LogP contribution in [0.1, 0.15) is 15.9 Å². The fraction of sp³-hybridized carbons (Fsp3) is 0.316. The van der Waals surface area contributed by atoms with Crippen molar-refractivity contribution in [1.29, 1.82) is 0 Å². The fourth-order valence-electron chi connectivity index (χ4n) is 2.75. The van der Waals surface area contributed by atoms with Crippen molar-refractivity contribution in [3.05, 3.63) is 58.1 Å². The number of nitrogens with zero attached hydrogens (tertiary/aromatic N) is 1. The quantitative estimate of drug-likeness (QED) is 0.604. The molecular formula is C19H20BrNO6S. The molecule has 1 aliphatic rings. The van der Waals surface area contributed by atoms with Gasteiger partial charge < -0.3 is 14.2 Å². The van der Waals surface area contributed by atoms with Crippen molar-refractivity contribution in [2.45, 2.75) is 11.5 Å². The summed E-state index contributed by atoms with van der Waals surface area (Å²) >= 11 is 3.38. The molecule has 150 valence electrons. The van der Waals surface area contributed by atoms with Crippen molar-refractivity contribution in [3.8, 4) is 5.75 Å². The van der Waals surface area contributed by atoms with E-state index in [0.29, 0.717) is 32.1 Å². The number of carbonyl (C=O) groups excluding carboxylic acids is 1. The Bertz CT molecular complexity index is 957. The standard InChI is InChI=1S/C19H20BrNO6S/c1-25-18-6-5-14(11-17(18)20)13-27-19(22)15-3-2-4-16(12-15)28(23,24)21-7-9-26-10-8-21/h2-6,11-12H,7-10,13H2,1H3. The molecule has 7 nitrogen and oxygen atoms in total. The van der Waals surface area contributed by atoms with Gasteiger partial charge in [-0.1, -0.05) is 12.1 Å². The molecule has 0 saturated carbocycles. The zero-order valence-corrected chi connectivity index (χ0v) is 17.7. The largest absolute Gasteiger partial charge is 0.496 e. The molecule has 0 aromatic heterocycles. The first-order valence-corrected chi connectivity index (χ1v) is 10.8. The lowest BCUT2D eigenvalue weighted by molar-refractivity contribution is 0.0472. The molecule has 2 aromatic carbocycles. The van der Waals surface area contributed by atoms with Crippen LogP contribution in [0.15, 0.2) is 51.8 Å². The molecule has 0 atom stereocenters. The Morgan fingerprint density at radius 2 is 1.93 bits per heavy atom. The molecule has 0 spiro atoms. The molecule has 28 heavy (non-hydrogen) atoms. The van der Waals surface area contributed by atoms with E-state index >= 15 is 0 Å². The van der Waals surface area contributed by atoms with Gasteiger partial charge in [0.1, 0.15) is 12.4 Å². The Morgan fingerprint density at radius 1 is 1.18 bits per heavy atom. The number of hydrogen-bond acceptors (Lipinski definition) is 6. The third-order valence-corrected chi connectivity index (χ3v) is 6.78. The van der Waals surface area contributed by atoms with Crippen LogP contribution < -0.4 is 4.74 Å². The molecule has 2 aromatic rings. The molecule has 0 radical (unpaired) electrons. The van der Waals surface area contributed by atoms with Crippen molar-refractivity contribution < 1.29 is 27.4 Å². The van der Waals surface area contributed by atoms with Crippen molar-refractivity contribution in [2.24, 2.45) is 0 Å². The van der Waals surface area contributed by atoms with E-state index in [0.717, 1.165) is 10.0 Å². The molecule has 1 fully saturated rings. The van der Waals surface area contributed by atoms with Gasteiger partial charge in [0.2, 0.25) is 10.0 Å². The van der Waals surface area contributed by atoms with Gasteiger partial charge in [-0.3, -0.25) is 0 Å². The number of benzene rings is 2. The molecule has 1 heterocycles. The Kier molecular flexibility index (Phi) is 6.71. The summed E-state index contributed by atoms with van der Waals surface area (Å²) in [6.07, 6.45) is 0. The Balaban J connectivity index is 1.71. The topological polar surface area (TPSA) is 82.1 Å². The molecule has 0 bridgehead atoms. The number of ether oxygens (including phenoxy) is 3. The third kappa shape index (κ3) is 4.72. The SMILES string of the molecule is COc1ccc(COC(=O)c2cccc(S(=O)(=O)N3CCOCC3)c2)cc1Br. The number of sulfonamides is 1. The molecule has 1 aliphatic heterocycles. The number of carbonyl (C=O) groups is 1. The smallest absolute Gasteiger partial charge is 0.338 e. The van der Waals surface area contributed by atoms with Gasteiger partial charge in [0.15, 0.2) is 0 Å². The van der Waals surface area contributed by atoms with Crippen LogP contribution in [0.5, 0.6) is 5.75 Å². The van der Waals surface area contributed by atoms with Crippen LogP contribution in [0, 0.1) is 0 Å². The first-order chi connectivity index (χ1) is 13.4. The zero-order valence-electron chi connectivity index (χ0n) is 15.3. The molecule has 1 saturated heterocycles. The summed E-state index contributed by atoms with van der Waals surface area (Å²) in [6, 6.07) is 11.2. The van der Waals surface area contributed by atoms with Crippen LogP contribution in [-0.4, -0.2) is 52.1 Å². The minimum absolute atomic E-state index is 0.0574.